The molecular formula is C31H44N2O7S. The van der Waals surface area contributed by atoms with E-state index in [9.17, 15) is 23.4 Å². The number of sulfonamides is 1. The molecule has 0 unspecified atom stereocenters. The Bertz CT molecular complexity index is 1240. The Morgan fingerprint density at radius 1 is 1.07 bits per heavy atom. The zero-order valence-electron chi connectivity index (χ0n) is 24.5. The van der Waals surface area contributed by atoms with Gasteiger partial charge < -0.3 is 19.7 Å². The van der Waals surface area contributed by atoms with E-state index in [0.717, 1.165) is 5.56 Å². The van der Waals surface area contributed by atoms with Gasteiger partial charge in [0.1, 0.15) is 23.0 Å². The van der Waals surface area contributed by atoms with Crippen LogP contribution in [0.15, 0.2) is 78.7 Å². The van der Waals surface area contributed by atoms with Crippen LogP contribution < -0.4 is 9.47 Å². The molecule has 0 aromatic heterocycles. The molecule has 0 saturated carbocycles. The highest BCUT2D eigenvalue weighted by Gasteiger charge is 2.39. The first-order valence-electron chi connectivity index (χ1n) is 13.6. The minimum Gasteiger partial charge on any atom is -0.497 e. The van der Waals surface area contributed by atoms with E-state index in [1.54, 1.807) is 26.8 Å². The van der Waals surface area contributed by atoms with Crippen LogP contribution in [-0.2, 0) is 16.4 Å². The van der Waals surface area contributed by atoms with Crippen molar-refractivity contribution in [1.29, 1.82) is 0 Å². The Hall–Kier alpha value is -3.34. The van der Waals surface area contributed by atoms with Crippen molar-refractivity contribution in [2.24, 2.45) is 0 Å². The van der Waals surface area contributed by atoms with E-state index in [1.165, 1.54) is 40.6 Å². The third kappa shape index (κ3) is 9.62. The Kier molecular flexibility index (Phi) is 12.9. The van der Waals surface area contributed by atoms with E-state index in [1.807, 2.05) is 30.3 Å². The van der Waals surface area contributed by atoms with Crippen LogP contribution in [0.5, 0.6) is 11.5 Å². The molecule has 0 spiro atoms. The maximum atomic E-state index is 14.1. The molecule has 0 radical (unpaired) electrons. The lowest BCUT2D eigenvalue weighted by Gasteiger charge is -2.42. The number of hydrogen-bond donors (Lipinski definition) is 2. The quantitative estimate of drug-likeness (QED) is 0.189. The van der Waals surface area contributed by atoms with Crippen molar-refractivity contribution in [3.8, 4) is 11.5 Å². The molecule has 0 heterocycles. The number of ether oxygens (including phenoxy) is 2. The number of nitrogens with zero attached hydrogens (tertiary/aromatic N) is 2. The van der Waals surface area contributed by atoms with Gasteiger partial charge in [-0.1, -0.05) is 49.1 Å². The maximum Gasteiger partial charge on any atom is 0.408 e. The Labute approximate surface area is 244 Å². The number of unbranched alkanes of at least 4 members (excludes halogenated alkanes) is 2. The van der Waals surface area contributed by atoms with Crippen LogP contribution in [-0.4, -0.2) is 78.4 Å². The molecule has 0 aliphatic heterocycles. The highest BCUT2D eigenvalue weighted by Crippen LogP contribution is 2.32. The fourth-order valence-electron chi connectivity index (χ4n) is 4.63. The van der Waals surface area contributed by atoms with E-state index >= 15 is 0 Å². The molecule has 2 aromatic carbocycles. The number of hydrogen-bond acceptors (Lipinski definition) is 6. The van der Waals surface area contributed by atoms with Crippen molar-refractivity contribution in [2.45, 2.75) is 69.0 Å². The number of methoxy groups -OCH3 is 1. The summed E-state index contributed by atoms with van der Waals surface area (Å²) in [6.45, 7) is 12.5. The second-order valence-corrected chi connectivity index (χ2v) is 12.6. The summed E-state index contributed by atoms with van der Waals surface area (Å²) >= 11 is 0. The summed E-state index contributed by atoms with van der Waals surface area (Å²) in [4.78, 5) is 13.6. The fourth-order valence-corrected chi connectivity index (χ4v) is 6.24. The predicted octanol–water partition coefficient (Wildman–Crippen LogP) is 5.36. The number of carbonyl (C=O) groups is 1. The lowest BCUT2D eigenvalue weighted by molar-refractivity contribution is 0.00108. The molecule has 226 valence electrons. The summed E-state index contributed by atoms with van der Waals surface area (Å²) < 4.78 is 40.4. The highest BCUT2D eigenvalue weighted by atomic mass is 32.2. The number of carboxylic acid groups (broad SMARTS) is 1. The number of aliphatic hydroxyl groups is 1. The van der Waals surface area contributed by atoms with Crippen molar-refractivity contribution >= 4 is 16.1 Å². The molecule has 0 bridgehead atoms. The van der Waals surface area contributed by atoms with E-state index in [-0.39, 0.29) is 36.8 Å². The fraction of sp³-hybridized carbons (Fsp3) is 0.452. The molecule has 41 heavy (non-hydrogen) atoms. The van der Waals surface area contributed by atoms with Crippen molar-refractivity contribution in [2.75, 3.05) is 26.8 Å². The Balaban J connectivity index is 2.56. The van der Waals surface area contributed by atoms with Crippen LogP contribution in [0.4, 0.5) is 4.79 Å². The number of aliphatic hydroxyl groups excluding tert-OH is 1. The van der Waals surface area contributed by atoms with Crippen molar-refractivity contribution in [3.63, 3.8) is 0 Å². The van der Waals surface area contributed by atoms with Gasteiger partial charge in [0, 0.05) is 24.7 Å². The first-order chi connectivity index (χ1) is 19.4. The van der Waals surface area contributed by atoms with E-state index in [0.29, 0.717) is 25.0 Å². The lowest BCUT2D eigenvalue weighted by atomic mass is 9.94. The van der Waals surface area contributed by atoms with Crippen molar-refractivity contribution in [1.82, 2.24) is 9.21 Å². The van der Waals surface area contributed by atoms with Gasteiger partial charge in [0.25, 0.3) is 0 Å². The minimum atomic E-state index is -4.19. The number of rotatable bonds is 17. The molecule has 0 saturated heterocycles. The molecule has 2 rings (SSSR count). The van der Waals surface area contributed by atoms with Crippen LogP contribution in [0.3, 0.4) is 0 Å². The highest BCUT2D eigenvalue weighted by molar-refractivity contribution is 7.89. The van der Waals surface area contributed by atoms with Crippen molar-refractivity contribution in [3.05, 3.63) is 79.4 Å². The summed E-state index contributed by atoms with van der Waals surface area (Å²) in [7, 11) is -2.72. The maximum absolute atomic E-state index is 14.1. The summed E-state index contributed by atoms with van der Waals surface area (Å²) in [5, 5.41) is 21.8. The second-order valence-electron chi connectivity index (χ2n) is 10.7. The molecule has 2 atom stereocenters. The second kappa shape index (κ2) is 15.6. The van der Waals surface area contributed by atoms with Crippen LogP contribution in [0.2, 0.25) is 0 Å². The summed E-state index contributed by atoms with van der Waals surface area (Å²) in [6.07, 6.45) is 2.86. The average Bonchev–Trinajstić information content (AvgIpc) is 2.92. The Morgan fingerprint density at radius 3 is 2.32 bits per heavy atom. The molecule has 10 heteroatoms. The van der Waals surface area contributed by atoms with Gasteiger partial charge in [-0.3, -0.25) is 4.90 Å². The standard InChI is InChI=1S/C31H44N2O7S/c1-7-9-10-14-19-32(41(37,38)29-18-17-25(39-6)22-28(29)40-20-8-2)23-27(34)26(21-24-15-12-11-13-16-24)33(30(35)36)31(3,4)5/h7-8,11-13,15-18,22,26-27,34H,1-2,9-10,14,19-21,23H2,3-6H3,(H,35,36)/t26-,27+/m0/s1. The first-order valence-corrected chi connectivity index (χ1v) is 15.1. The van der Waals surface area contributed by atoms with Gasteiger partial charge in [0.15, 0.2) is 0 Å². The molecular weight excluding hydrogens is 544 g/mol. The van der Waals surface area contributed by atoms with Crippen LogP contribution in [0.1, 0.15) is 45.6 Å². The van der Waals surface area contributed by atoms with Crippen LogP contribution in [0.25, 0.3) is 0 Å². The normalized spacial score (nSPS) is 13.3. The number of allylic oxidation sites excluding steroid dienone is 1. The lowest BCUT2D eigenvalue weighted by Crippen LogP contribution is -2.58. The summed E-state index contributed by atoms with van der Waals surface area (Å²) in [5.41, 5.74) is -0.0376. The zero-order valence-corrected chi connectivity index (χ0v) is 25.3. The van der Waals surface area contributed by atoms with Gasteiger partial charge in [-0.05, 0) is 64.2 Å². The molecule has 0 fully saturated rings. The third-order valence-corrected chi connectivity index (χ3v) is 8.48. The SMILES string of the molecule is C=CCCCCN(C[C@@H](O)[C@H](Cc1ccccc1)N(C(=O)O)C(C)(C)C)S(=O)(=O)c1ccc(OC)cc1OCC=C. The smallest absolute Gasteiger partial charge is 0.408 e. The topological polar surface area (TPSA) is 117 Å². The van der Waals surface area contributed by atoms with Gasteiger partial charge in [0.05, 0.1) is 19.3 Å². The third-order valence-electron chi connectivity index (χ3n) is 6.57. The van der Waals surface area contributed by atoms with Gasteiger partial charge >= 0.3 is 6.09 Å². The summed E-state index contributed by atoms with van der Waals surface area (Å²) in [5.74, 6) is 0.517. The van der Waals surface area contributed by atoms with E-state index in [2.05, 4.69) is 13.2 Å². The molecule has 0 aliphatic rings. The van der Waals surface area contributed by atoms with Crippen LogP contribution in [0, 0.1) is 0 Å². The van der Waals surface area contributed by atoms with Crippen LogP contribution >= 0.6 is 0 Å². The van der Waals surface area contributed by atoms with Gasteiger partial charge in [-0.25, -0.2) is 13.2 Å². The predicted molar refractivity (Wildman–Crippen MR) is 161 cm³/mol. The minimum absolute atomic E-state index is 0.0793. The molecule has 1 amide bonds. The molecule has 9 nitrogen and oxygen atoms in total. The van der Waals surface area contributed by atoms with Gasteiger partial charge in [-0.15, -0.1) is 6.58 Å². The van der Waals surface area contributed by atoms with Crippen molar-refractivity contribution < 1.29 is 32.9 Å². The average molecular weight is 589 g/mol. The molecule has 2 aromatic rings. The Morgan fingerprint density at radius 2 is 1.76 bits per heavy atom. The van der Waals surface area contributed by atoms with E-state index in [4.69, 9.17) is 9.47 Å². The summed E-state index contributed by atoms with van der Waals surface area (Å²) in [6, 6.07) is 12.8. The monoisotopic (exact) mass is 588 g/mol. The first kappa shape index (κ1) is 33.9. The molecule has 2 N–H and O–H groups in total. The number of amides is 1. The van der Waals surface area contributed by atoms with Gasteiger partial charge in [-0.2, -0.15) is 4.31 Å². The van der Waals surface area contributed by atoms with E-state index < -0.39 is 33.8 Å². The van der Waals surface area contributed by atoms with Gasteiger partial charge in [0.2, 0.25) is 10.0 Å². The number of benzene rings is 2. The zero-order chi connectivity index (χ0) is 30.6. The molecule has 0 aliphatic carbocycles. The largest absolute Gasteiger partial charge is 0.497 e.